The minimum Gasteiger partial charge on any atom is -0.378 e. The molecule has 2 aromatic rings. The van der Waals surface area contributed by atoms with Crippen molar-refractivity contribution in [1.82, 2.24) is 9.97 Å². The van der Waals surface area contributed by atoms with Crippen LogP contribution in [0.25, 0.3) is 0 Å². The van der Waals surface area contributed by atoms with Crippen molar-refractivity contribution in [3.05, 3.63) is 41.3 Å². The van der Waals surface area contributed by atoms with Crippen LogP contribution in [0.5, 0.6) is 0 Å². The molecule has 2 heterocycles. The molecule has 0 bridgehead atoms. The van der Waals surface area contributed by atoms with Gasteiger partial charge < -0.3 is 15.0 Å². The van der Waals surface area contributed by atoms with Crippen molar-refractivity contribution in [2.75, 3.05) is 36.5 Å². The van der Waals surface area contributed by atoms with Crippen LogP contribution in [0.15, 0.2) is 24.4 Å². The first-order valence-electron chi connectivity index (χ1n) is 7.33. The Labute approximate surface area is 129 Å². The number of morpholine rings is 1. The number of ether oxygens (including phenoxy) is 1. The number of hydrogen-bond acceptors (Lipinski definition) is 5. The van der Waals surface area contributed by atoms with Crippen molar-refractivity contribution in [3.8, 4) is 0 Å². The van der Waals surface area contributed by atoms with Crippen LogP contribution in [-0.2, 0) is 4.74 Å². The molecule has 116 valence electrons. The highest BCUT2D eigenvalue weighted by Crippen LogP contribution is 2.21. The van der Waals surface area contributed by atoms with Gasteiger partial charge in [0.15, 0.2) is 11.6 Å². The van der Waals surface area contributed by atoms with Gasteiger partial charge in [0, 0.05) is 18.8 Å². The first-order valence-corrected chi connectivity index (χ1v) is 7.33. The van der Waals surface area contributed by atoms with Gasteiger partial charge in [-0.1, -0.05) is 6.07 Å². The van der Waals surface area contributed by atoms with Crippen LogP contribution in [0.3, 0.4) is 0 Å². The fourth-order valence-electron chi connectivity index (χ4n) is 2.36. The van der Waals surface area contributed by atoms with Gasteiger partial charge in [-0.3, -0.25) is 0 Å². The van der Waals surface area contributed by atoms with Gasteiger partial charge in [0.25, 0.3) is 0 Å². The van der Waals surface area contributed by atoms with Crippen LogP contribution in [0, 0.1) is 19.7 Å². The number of rotatable bonds is 3. The Kier molecular flexibility index (Phi) is 4.20. The topological polar surface area (TPSA) is 50.3 Å². The van der Waals surface area contributed by atoms with Crippen molar-refractivity contribution in [2.45, 2.75) is 13.8 Å². The summed E-state index contributed by atoms with van der Waals surface area (Å²) in [5.74, 6) is 0.309. The zero-order valence-corrected chi connectivity index (χ0v) is 12.8. The minimum atomic E-state index is -0.410. The van der Waals surface area contributed by atoms with Gasteiger partial charge in [0.2, 0.25) is 5.95 Å². The van der Waals surface area contributed by atoms with Crippen LogP contribution in [0.4, 0.5) is 21.8 Å². The third-order valence-electron chi connectivity index (χ3n) is 3.80. The minimum absolute atomic E-state index is 0.324. The molecular weight excluding hydrogens is 283 g/mol. The van der Waals surface area contributed by atoms with E-state index in [9.17, 15) is 4.39 Å². The highest BCUT2D eigenvalue weighted by atomic mass is 19.1. The molecule has 0 atom stereocenters. The summed E-state index contributed by atoms with van der Waals surface area (Å²) in [6, 6.07) is 6.02. The molecule has 1 fully saturated rings. The summed E-state index contributed by atoms with van der Waals surface area (Å²) < 4.78 is 19.3. The van der Waals surface area contributed by atoms with E-state index in [-0.39, 0.29) is 0 Å². The van der Waals surface area contributed by atoms with Gasteiger partial charge in [-0.05, 0) is 37.1 Å². The summed E-state index contributed by atoms with van der Waals surface area (Å²) in [6.07, 6.45) is 1.21. The standard InChI is InChI=1S/C16H19FN4O/c1-11-3-4-13(9-12(11)2)19-16-18-10-14(17)15(20-16)21-5-7-22-8-6-21/h3-4,9-10H,5-8H2,1-2H3,(H,18,19,20). The summed E-state index contributed by atoms with van der Waals surface area (Å²) in [5.41, 5.74) is 3.29. The molecule has 0 spiro atoms. The lowest BCUT2D eigenvalue weighted by molar-refractivity contribution is 0.122. The molecule has 1 aromatic carbocycles. The van der Waals surface area contributed by atoms with E-state index in [2.05, 4.69) is 22.2 Å². The first-order chi connectivity index (χ1) is 10.6. The van der Waals surface area contributed by atoms with Crippen molar-refractivity contribution in [2.24, 2.45) is 0 Å². The molecule has 0 radical (unpaired) electrons. The molecule has 3 rings (SSSR count). The van der Waals surface area contributed by atoms with Crippen LogP contribution in [0.1, 0.15) is 11.1 Å². The van der Waals surface area contributed by atoms with E-state index in [0.717, 1.165) is 5.69 Å². The smallest absolute Gasteiger partial charge is 0.229 e. The van der Waals surface area contributed by atoms with E-state index in [1.165, 1.54) is 17.3 Å². The van der Waals surface area contributed by atoms with E-state index in [1.54, 1.807) is 0 Å². The molecule has 0 aliphatic carbocycles. The highest BCUT2D eigenvalue weighted by Gasteiger charge is 2.17. The van der Waals surface area contributed by atoms with Gasteiger partial charge in [0.1, 0.15) is 0 Å². The third kappa shape index (κ3) is 3.17. The third-order valence-corrected chi connectivity index (χ3v) is 3.80. The lowest BCUT2D eigenvalue weighted by Crippen LogP contribution is -2.37. The van der Waals surface area contributed by atoms with Gasteiger partial charge in [-0.25, -0.2) is 9.37 Å². The van der Waals surface area contributed by atoms with E-state index in [4.69, 9.17) is 4.74 Å². The normalized spacial score (nSPS) is 15.0. The predicted molar refractivity (Wildman–Crippen MR) is 84.2 cm³/mol. The first kappa shape index (κ1) is 14.7. The van der Waals surface area contributed by atoms with Crippen molar-refractivity contribution < 1.29 is 9.13 Å². The molecule has 1 aliphatic heterocycles. The molecule has 1 N–H and O–H groups in total. The van der Waals surface area contributed by atoms with Gasteiger partial charge in [-0.15, -0.1) is 0 Å². The summed E-state index contributed by atoms with van der Waals surface area (Å²) >= 11 is 0. The Morgan fingerprint density at radius 2 is 1.95 bits per heavy atom. The monoisotopic (exact) mass is 302 g/mol. The maximum Gasteiger partial charge on any atom is 0.229 e. The van der Waals surface area contributed by atoms with Crippen molar-refractivity contribution in [1.29, 1.82) is 0 Å². The lowest BCUT2D eigenvalue weighted by Gasteiger charge is -2.28. The van der Waals surface area contributed by atoms with E-state index in [0.29, 0.717) is 38.1 Å². The van der Waals surface area contributed by atoms with Crippen molar-refractivity contribution >= 4 is 17.5 Å². The molecule has 5 nitrogen and oxygen atoms in total. The Balaban J connectivity index is 1.83. The number of nitrogens with one attached hydrogen (secondary N) is 1. The molecular formula is C16H19FN4O. The zero-order chi connectivity index (χ0) is 15.5. The average molecular weight is 302 g/mol. The molecule has 1 saturated heterocycles. The molecule has 1 aromatic heterocycles. The largest absolute Gasteiger partial charge is 0.378 e. The average Bonchev–Trinajstić information content (AvgIpc) is 2.54. The van der Waals surface area contributed by atoms with E-state index >= 15 is 0 Å². The number of halogens is 1. The Morgan fingerprint density at radius 1 is 1.18 bits per heavy atom. The SMILES string of the molecule is Cc1ccc(Nc2ncc(F)c(N3CCOCC3)n2)cc1C. The van der Waals surface area contributed by atoms with Gasteiger partial charge >= 0.3 is 0 Å². The Morgan fingerprint density at radius 3 is 2.68 bits per heavy atom. The summed E-state index contributed by atoms with van der Waals surface area (Å²) in [5, 5.41) is 3.13. The summed E-state index contributed by atoms with van der Waals surface area (Å²) in [7, 11) is 0. The fraction of sp³-hybridized carbons (Fsp3) is 0.375. The zero-order valence-electron chi connectivity index (χ0n) is 12.8. The number of hydrogen-bond donors (Lipinski definition) is 1. The van der Waals surface area contributed by atoms with Crippen LogP contribution in [-0.4, -0.2) is 36.3 Å². The second-order valence-corrected chi connectivity index (χ2v) is 5.39. The van der Waals surface area contributed by atoms with Crippen LogP contribution < -0.4 is 10.2 Å². The quantitative estimate of drug-likeness (QED) is 0.945. The number of aryl methyl sites for hydroxylation is 2. The number of benzene rings is 1. The second-order valence-electron chi connectivity index (χ2n) is 5.39. The Hall–Kier alpha value is -2.21. The molecule has 1 aliphatic rings. The number of anilines is 3. The van der Waals surface area contributed by atoms with Crippen LogP contribution >= 0.6 is 0 Å². The van der Waals surface area contributed by atoms with Gasteiger partial charge in [0.05, 0.1) is 19.4 Å². The highest BCUT2D eigenvalue weighted by molar-refractivity contribution is 5.57. The molecule has 6 heteroatoms. The van der Waals surface area contributed by atoms with Gasteiger partial charge in [-0.2, -0.15) is 4.98 Å². The lowest BCUT2D eigenvalue weighted by atomic mass is 10.1. The second kappa shape index (κ2) is 6.27. The van der Waals surface area contributed by atoms with Crippen LogP contribution in [0.2, 0.25) is 0 Å². The molecule has 0 saturated carbocycles. The molecule has 22 heavy (non-hydrogen) atoms. The summed E-state index contributed by atoms with van der Waals surface area (Å²) in [4.78, 5) is 10.2. The number of nitrogens with zero attached hydrogens (tertiary/aromatic N) is 3. The maximum atomic E-state index is 14.0. The molecule has 0 unspecified atom stereocenters. The molecule has 0 amide bonds. The van der Waals surface area contributed by atoms with E-state index in [1.807, 2.05) is 30.0 Å². The van der Waals surface area contributed by atoms with Crippen molar-refractivity contribution in [3.63, 3.8) is 0 Å². The number of aromatic nitrogens is 2. The Bertz CT molecular complexity index is 671. The van der Waals surface area contributed by atoms with E-state index < -0.39 is 5.82 Å². The fourth-order valence-corrected chi connectivity index (χ4v) is 2.36. The maximum absolute atomic E-state index is 14.0. The predicted octanol–water partition coefficient (Wildman–Crippen LogP) is 2.81. The summed E-state index contributed by atoms with van der Waals surface area (Å²) in [6.45, 7) is 6.55.